The molecule has 0 aliphatic carbocycles. The maximum atomic E-state index is 13.6. The maximum Gasteiger partial charge on any atom is 0.290 e. The smallest absolute Gasteiger partial charge is 0.290 e. The molecule has 0 bridgehead atoms. The van der Waals surface area contributed by atoms with E-state index in [2.05, 4.69) is 0 Å². The molecule has 1 heterocycles. The van der Waals surface area contributed by atoms with E-state index in [1.54, 1.807) is 24.3 Å². The largest absolute Gasteiger partial charge is 0.502 e. The summed E-state index contributed by atoms with van der Waals surface area (Å²) >= 11 is 5.89. The van der Waals surface area contributed by atoms with E-state index in [1.165, 1.54) is 60.5 Å². The van der Waals surface area contributed by atoms with Gasteiger partial charge in [0.1, 0.15) is 16.5 Å². The van der Waals surface area contributed by atoms with Gasteiger partial charge in [0.2, 0.25) is 9.84 Å². The van der Waals surface area contributed by atoms with Crippen LogP contribution in [-0.2, 0) is 21.2 Å². The number of aliphatic hydroxyl groups is 1. The quantitative estimate of drug-likeness (QED) is 0.539. The second kappa shape index (κ2) is 8.88. The Morgan fingerprint density at radius 2 is 1.67 bits per heavy atom. The van der Waals surface area contributed by atoms with Crippen molar-refractivity contribution in [3.63, 3.8) is 0 Å². The van der Waals surface area contributed by atoms with Crippen LogP contribution in [-0.4, -0.2) is 31.4 Å². The van der Waals surface area contributed by atoms with Crippen molar-refractivity contribution in [2.45, 2.75) is 17.5 Å². The van der Waals surface area contributed by atoms with E-state index >= 15 is 0 Å². The number of carbonyl (C=O) groups is 1. The Balaban J connectivity index is 1.86. The zero-order chi connectivity index (χ0) is 23.8. The second-order valence-electron chi connectivity index (χ2n) is 7.37. The fourth-order valence-electron chi connectivity index (χ4n) is 3.80. The molecule has 0 spiro atoms. The van der Waals surface area contributed by atoms with Crippen molar-refractivity contribution in [2.24, 2.45) is 0 Å². The first-order valence-electron chi connectivity index (χ1n) is 9.86. The van der Waals surface area contributed by atoms with E-state index in [0.29, 0.717) is 21.9 Å². The van der Waals surface area contributed by atoms with Crippen LogP contribution in [0.5, 0.6) is 5.75 Å². The van der Waals surface area contributed by atoms with Crippen LogP contribution in [0.15, 0.2) is 88.4 Å². The van der Waals surface area contributed by atoms with Crippen LogP contribution < -0.4 is 4.74 Å². The summed E-state index contributed by atoms with van der Waals surface area (Å²) in [5.74, 6) is -1.76. The number of ether oxygens (including phenoxy) is 1. The normalized spacial score (nSPS) is 16.4. The standard InChI is InChI=1S/C24H19ClFNO5S/c1-32-20-5-3-2-4-16(20)14-27-21(15-6-10-18(26)11-7-15)23(22(28)24(27)29)33(30,31)19-12-8-17(25)9-13-19/h2-13,21,28H,14H2,1H3/t21-/m1/s1. The number of sulfone groups is 1. The fourth-order valence-corrected chi connectivity index (χ4v) is 5.57. The minimum absolute atomic E-state index is 0.0470. The molecule has 0 radical (unpaired) electrons. The summed E-state index contributed by atoms with van der Waals surface area (Å²) < 4.78 is 46.0. The molecule has 1 aliphatic heterocycles. The number of hydrogen-bond donors (Lipinski definition) is 1. The van der Waals surface area contributed by atoms with Gasteiger partial charge in [0.05, 0.1) is 24.6 Å². The van der Waals surface area contributed by atoms with Crippen molar-refractivity contribution >= 4 is 27.3 Å². The number of carbonyl (C=O) groups excluding carboxylic acids is 1. The zero-order valence-corrected chi connectivity index (χ0v) is 19.0. The summed E-state index contributed by atoms with van der Waals surface area (Å²) in [6.07, 6.45) is 0. The lowest BCUT2D eigenvalue weighted by Gasteiger charge is -2.27. The molecule has 0 aromatic heterocycles. The summed E-state index contributed by atoms with van der Waals surface area (Å²) in [5.41, 5.74) is 0.939. The monoisotopic (exact) mass is 487 g/mol. The third-order valence-corrected chi connectivity index (χ3v) is 7.53. The molecule has 1 amide bonds. The van der Waals surface area contributed by atoms with E-state index in [4.69, 9.17) is 16.3 Å². The van der Waals surface area contributed by atoms with Gasteiger partial charge in [-0.1, -0.05) is 41.9 Å². The number of para-hydroxylation sites is 1. The molecule has 3 aromatic rings. The van der Waals surface area contributed by atoms with Crippen molar-refractivity contribution in [1.29, 1.82) is 0 Å². The highest BCUT2D eigenvalue weighted by molar-refractivity contribution is 7.95. The highest BCUT2D eigenvalue weighted by atomic mass is 35.5. The van der Waals surface area contributed by atoms with Gasteiger partial charge in [-0.25, -0.2) is 12.8 Å². The Morgan fingerprint density at radius 3 is 2.30 bits per heavy atom. The Kier molecular flexibility index (Phi) is 6.14. The van der Waals surface area contributed by atoms with Crippen LogP contribution in [0, 0.1) is 5.82 Å². The van der Waals surface area contributed by atoms with Crippen LogP contribution in [0.25, 0.3) is 0 Å². The van der Waals surface area contributed by atoms with Gasteiger partial charge < -0.3 is 14.7 Å². The minimum Gasteiger partial charge on any atom is -0.502 e. The summed E-state index contributed by atoms with van der Waals surface area (Å²) in [4.78, 5) is 13.7. The van der Waals surface area contributed by atoms with Crippen molar-refractivity contribution in [3.8, 4) is 5.75 Å². The average molecular weight is 488 g/mol. The third kappa shape index (κ3) is 4.19. The molecule has 1 aliphatic rings. The van der Waals surface area contributed by atoms with Gasteiger partial charge in [-0.3, -0.25) is 4.79 Å². The minimum atomic E-state index is -4.30. The molecule has 1 atom stereocenters. The number of nitrogens with zero attached hydrogens (tertiary/aromatic N) is 1. The third-order valence-electron chi connectivity index (χ3n) is 5.39. The van der Waals surface area contributed by atoms with Crippen LogP contribution in [0.3, 0.4) is 0 Å². The molecule has 1 N–H and O–H groups in total. The molecule has 0 fully saturated rings. The average Bonchev–Trinajstić information content (AvgIpc) is 3.06. The van der Waals surface area contributed by atoms with E-state index < -0.39 is 38.3 Å². The van der Waals surface area contributed by atoms with Crippen molar-refractivity contribution in [3.05, 3.63) is 105 Å². The van der Waals surface area contributed by atoms with Gasteiger partial charge in [-0.2, -0.15) is 0 Å². The molecule has 4 rings (SSSR count). The Bertz CT molecular complexity index is 1340. The SMILES string of the molecule is COc1ccccc1CN1C(=O)C(O)=C(S(=O)(=O)c2ccc(Cl)cc2)[C@H]1c1ccc(F)cc1. The van der Waals surface area contributed by atoms with Crippen LogP contribution in [0.4, 0.5) is 4.39 Å². The van der Waals surface area contributed by atoms with Gasteiger partial charge >= 0.3 is 0 Å². The predicted molar refractivity (Wildman–Crippen MR) is 121 cm³/mol. The van der Waals surface area contributed by atoms with E-state index in [-0.39, 0.29) is 11.4 Å². The lowest BCUT2D eigenvalue weighted by Crippen LogP contribution is -2.31. The zero-order valence-electron chi connectivity index (χ0n) is 17.4. The van der Waals surface area contributed by atoms with Gasteiger partial charge in [0, 0.05) is 10.6 Å². The number of rotatable bonds is 6. The lowest BCUT2D eigenvalue weighted by atomic mass is 10.1. The summed E-state index contributed by atoms with van der Waals surface area (Å²) in [6, 6.07) is 16.3. The van der Waals surface area contributed by atoms with Crippen molar-refractivity contribution < 1.29 is 27.4 Å². The summed E-state index contributed by atoms with van der Waals surface area (Å²) in [6.45, 7) is -0.0470. The molecule has 33 heavy (non-hydrogen) atoms. The molecule has 6 nitrogen and oxygen atoms in total. The van der Waals surface area contributed by atoms with E-state index in [1.807, 2.05) is 0 Å². The lowest BCUT2D eigenvalue weighted by molar-refractivity contribution is -0.130. The molecule has 170 valence electrons. The highest BCUT2D eigenvalue weighted by Gasteiger charge is 2.47. The van der Waals surface area contributed by atoms with Crippen LogP contribution in [0.2, 0.25) is 5.02 Å². The number of methoxy groups -OCH3 is 1. The highest BCUT2D eigenvalue weighted by Crippen LogP contribution is 2.43. The molecule has 3 aromatic carbocycles. The topological polar surface area (TPSA) is 83.9 Å². The number of aliphatic hydroxyl groups excluding tert-OH is 1. The molecule has 9 heteroatoms. The van der Waals surface area contributed by atoms with Gasteiger partial charge in [-0.05, 0) is 48.0 Å². The first-order chi connectivity index (χ1) is 15.7. The van der Waals surface area contributed by atoms with Crippen molar-refractivity contribution in [2.75, 3.05) is 7.11 Å². The van der Waals surface area contributed by atoms with Gasteiger partial charge in [0.25, 0.3) is 5.91 Å². The molecule has 0 unspecified atom stereocenters. The number of amides is 1. The Morgan fingerprint density at radius 1 is 1.03 bits per heavy atom. The number of halogens is 2. The van der Waals surface area contributed by atoms with E-state index in [0.717, 1.165) is 0 Å². The first-order valence-corrected chi connectivity index (χ1v) is 11.7. The molecular weight excluding hydrogens is 469 g/mol. The maximum absolute atomic E-state index is 13.6. The van der Waals surface area contributed by atoms with E-state index in [9.17, 15) is 22.7 Å². The molecule has 0 saturated carbocycles. The summed E-state index contributed by atoms with van der Waals surface area (Å²) in [7, 11) is -2.82. The Labute approximate surface area is 195 Å². The summed E-state index contributed by atoms with van der Waals surface area (Å²) in [5, 5.41) is 11.1. The van der Waals surface area contributed by atoms with Crippen molar-refractivity contribution in [1.82, 2.24) is 4.90 Å². The van der Waals surface area contributed by atoms with Crippen LogP contribution >= 0.6 is 11.6 Å². The number of hydrogen-bond acceptors (Lipinski definition) is 5. The van der Waals surface area contributed by atoms with Crippen LogP contribution in [0.1, 0.15) is 17.2 Å². The fraction of sp³-hybridized carbons (Fsp3) is 0.125. The molecular formula is C24H19ClFNO5S. The number of benzene rings is 3. The van der Waals surface area contributed by atoms with Gasteiger partial charge in [-0.15, -0.1) is 0 Å². The predicted octanol–water partition coefficient (Wildman–Crippen LogP) is 4.81. The second-order valence-corrected chi connectivity index (χ2v) is 9.72. The first kappa shape index (κ1) is 22.8. The molecule has 0 saturated heterocycles. The van der Waals surface area contributed by atoms with Gasteiger partial charge in [0.15, 0.2) is 5.76 Å². The Hall–Kier alpha value is -3.36.